The molecule has 33 heavy (non-hydrogen) atoms. The molecule has 2 saturated heterocycles. The molecule has 0 radical (unpaired) electrons. The van der Waals surface area contributed by atoms with E-state index < -0.39 is 0 Å². The zero-order valence-corrected chi connectivity index (χ0v) is 19.7. The normalized spacial score (nSPS) is 27.3. The third-order valence-corrected chi connectivity index (χ3v) is 7.23. The molecular weight excluding hydrogens is 440 g/mol. The van der Waals surface area contributed by atoms with Crippen LogP contribution >= 0.6 is 11.6 Å². The predicted molar refractivity (Wildman–Crippen MR) is 129 cm³/mol. The fourth-order valence-electron chi connectivity index (χ4n) is 5.70. The highest BCUT2D eigenvalue weighted by Crippen LogP contribution is 2.39. The molecule has 3 aliphatic rings. The number of nitrogens with zero attached hydrogens (tertiary/aromatic N) is 2. The fraction of sp³-hybridized carbons (Fsp3) is 0.440. The van der Waals surface area contributed by atoms with Crippen molar-refractivity contribution in [1.29, 1.82) is 0 Å². The number of piperidine rings is 1. The van der Waals surface area contributed by atoms with E-state index in [1.807, 2.05) is 17.0 Å². The first-order valence-electron chi connectivity index (χ1n) is 11.5. The molecule has 2 N–H and O–H groups in total. The number of aromatic nitrogens is 1. The Balaban J connectivity index is 1.50. The molecule has 2 fully saturated rings. The summed E-state index contributed by atoms with van der Waals surface area (Å²) in [6, 6.07) is 9.34. The monoisotopic (exact) mass is 468 g/mol. The Bertz CT molecular complexity index is 1080. The maximum absolute atomic E-state index is 14.0. The molecule has 0 saturated carbocycles. The van der Waals surface area contributed by atoms with Crippen LogP contribution in [0.15, 0.2) is 36.5 Å². The topological polar surface area (TPSA) is 77.7 Å². The summed E-state index contributed by atoms with van der Waals surface area (Å²) in [6.45, 7) is 9.12. The number of ether oxygens (including phenoxy) is 1. The van der Waals surface area contributed by atoms with E-state index in [1.165, 1.54) is 0 Å². The molecule has 1 aromatic heterocycles. The first-order valence-corrected chi connectivity index (χ1v) is 11.9. The summed E-state index contributed by atoms with van der Waals surface area (Å²) < 4.78 is 5.53. The minimum atomic E-state index is -0.283. The molecule has 174 valence electrons. The van der Waals surface area contributed by atoms with Gasteiger partial charge in [-0.25, -0.2) is 0 Å². The van der Waals surface area contributed by atoms with Gasteiger partial charge in [0.15, 0.2) is 0 Å². The lowest BCUT2D eigenvalue weighted by atomic mass is 9.83. The van der Waals surface area contributed by atoms with Crippen molar-refractivity contribution < 1.29 is 14.3 Å². The summed E-state index contributed by atoms with van der Waals surface area (Å²) >= 11 is 6.24. The number of anilines is 1. The Morgan fingerprint density at radius 1 is 1.12 bits per heavy atom. The van der Waals surface area contributed by atoms with Crippen molar-refractivity contribution in [3.8, 4) is 0 Å². The molecule has 3 aliphatic heterocycles. The van der Waals surface area contributed by atoms with Crippen molar-refractivity contribution in [2.45, 2.75) is 19.9 Å². The van der Waals surface area contributed by atoms with Crippen LogP contribution in [-0.2, 0) is 14.3 Å². The van der Waals surface area contributed by atoms with Crippen LogP contribution in [0.25, 0.3) is 11.1 Å². The van der Waals surface area contributed by atoms with Gasteiger partial charge < -0.3 is 19.9 Å². The Morgan fingerprint density at radius 2 is 1.85 bits per heavy atom. The second-order valence-electron chi connectivity index (χ2n) is 9.28. The SMILES string of the molecule is CC1CN(C(=O)C(=C2C(=O)Nc3ccc(Cl)cc32)c2ccc[nH]2)CC(C)C1N1CCOCC1. The standard InChI is InChI=1S/C25H29ClN4O3/c1-15-13-30(14-16(2)23(15)29-8-10-33-11-9-29)25(32)22(20-4-3-7-27-20)21-18-12-17(26)5-6-19(18)28-24(21)31/h3-7,12,15-16,23,27H,8-11,13-14H2,1-2H3,(H,28,31). The number of hydrogen-bond donors (Lipinski definition) is 2. The molecule has 7 nitrogen and oxygen atoms in total. The van der Waals surface area contributed by atoms with E-state index in [0.717, 1.165) is 26.3 Å². The number of amides is 2. The molecule has 1 aromatic carbocycles. The molecule has 8 heteroatoms. The number of nitrogens with one attached hydrogen (secondary N) is 2. The molecule has 2 unspecified atom stereocenters. The molecule has 0 bridgehead atoms. The highest BCUT2D eigenvalue weighted by molar-refractivity contribution is 6.45. The summed E-state index contributed by atoms with van der Waals surface area (Å²) in [4.78, 5) is 34.6. The number of rotatable bonds is 3. The first kappa shape index (κ1) is 22.2. The van der Waals surface area contributed by atoms with E-state index >= 15 is 0 Å². The van der Waals surface area contributed by atoms with Crippen molar-refractivity contribution in [3.63, 3.8) is 0 Å². The maximum atomic E-state index is 14.0. The lowest BCUT2D eigenvalue weighted by Crippen LogP contribution is -2.58. The van der Waals surface area contributed by atoms with Gasteiger partial charge in [0.25, 0.3) is 11.8 Å². The third kappa shape index (κ3) is 4.09. The molecule has 2 atom stereocenters. The van der Waals surface area contributed by atoms with Gasteiger partial charge in [-0.3, -0.25) is 14.5 Å². The number of benzene rings is 1. The number of carbonyl (C=O) groups is 2. The highest BCUT2D eigenvalue weighted by atomic mass is 35.5. The average Bonchev–Trinajstić information content (AvgIpc) is 3.43. The van der Waals surface area contributed by atoms with Crippen LogP contribution in [0, 0.1) is 11.8 Å². The van der Waals surface area contributed by atoms with Gasteiger partial charge >= 0.3 is 0 Å². The molecule has 4 heterocycles. The first-order chi connectivity index (χ1) is 15.9. The molecule has 2 amide bonds. The van der Waals surface area contributed by atoms with Gasteiger partial charge in [0, 0.05) is 54.7 Å². The average molecular weight is 469 g/mol. The zero-order valence-electron chi connectivity index (χ0n) is 18.9. The second-order valence-corrected chi connectivity index (χ2v) is 9.72. The summed E-state index contributed by atoms with van der Waals surface area (Å²) in [5, 5.41) is 3.41. The maximum Gasteiger partial charge on any atom is 0.257 e. The minimum absolute atomic E-state index is 0.130. The van der Waals surface area contributed by atoms with Gasteiger partial charge in [0.2, 0.25) is 0 Å². The zero-order chi connectivity index (χ0) is 23.1. The number of H-pyrrole nitrogens is 1. The molecular formula is C25H29ClN4O3. The van der Waals surface area contributed by atoms with Gasteiger partial charge in [-0.15, -0.1) is 0 Å². The Kier molecular flexibility index (Phi) is 6.03. The van der Waals surface area contributed by atoms with Crippen LogP contribution in [-0.4, -0.2) is 72.0 Å². The summed E-state index contributed by atoms with van der Waals surface area (Å²) in [6.07, 6.45) is 1.77. The number of aromatic amines is 1. The van der Waals surface area contributed by atoms with E-state index in [-0.39, 0.29) is 11.8 Å². The molecule has 0 spiro atoms. The van der Waals surface area contributed by atoms with Crippen LogP contribution in [0.3, 0.4) is 0 Å². The quantitative estimate of drug-likeness (QED) is 0.677. The van der Waals surface area contributed by atoms with Gasteiger partial charge in [-0.05, 0) is 42.2 Å². The van der Waals surface area contributed by atoms with Crippen LogP contribution in [0.2, 0.25) is 5.02 Å². The minimum Gasteiger partial charge on any atom is -0.379 e. The van der Waals surface area contributed by atoms with Gasteiger partial charge in [0.1, 0.15) is 0 Å². The van der Waals surface area contributed by atoms with Crippen molar-refractivity contribution >= 4 is 40.2 Å². The number of carbonyl (C=O) groups excluding carboxylic acids is 2. The van der Waals surface area contributed by atoms with Crippen LogP contribution < -0.4 is 5.32 Å². The number of likely N-dealkylation sites (tertiary alicyclic amines) is 1. The summed E-state index contributed by atoms with van der Waals surface area (Å²) in [5.41, 5.74) is 2.73. The van der Waals surface area contributed by atoms with Gasteiger partial charge in [-0.2, -0.15) is 0 Å². The second kappa shape index (κ2) is 8.97. The van der Waals surface area contributed by atoms with E-state index in [9.17, 15) is 9.59 Å². The smallest absolute Gasteiger partial charge is 0.257 e. The van der Waals surface area contributed by atoms with Gasteiger partial charge in [0.05, 0.1) is 30.1 Å². The Morgan fingerprint density at radius 3 is 2.52 bits per heavy atom. The van der Waals surface area contributed by atoms with Crippen molar-refractivity contribution in [3.05, 3.63) is 52.8 Å². The summed E-state index contributed by atoms with van der Waals surface area (Å²) in [5.74, 6) is 0.207. The van der Waals surface area contributed by atoms with Crippen LogP contribution in [0.4, 0.5) is 5.69 Å². The fourth-order valence-corrected chi connectivity index (χ4v) is 5.87. The molecule has 5 rings (SSSR count). The Hall–Kier alpha value is -2.61. The lowest BCUT2D eigenvalue weighted by Gasteiger charge is -2.47. The van der Waals surface area contributed by atoms with E-state index in [0.29, 0.717) is 64.1 Å². The number of morpholine rings is 1. The van der Waals surface area contributed by atoms with Crippen LogP contribution in [0.1, 0.15) is 25.1 Å². The van der Waals surface area contributed by atoms with Crippen molar-refractivity contribution in [2.75, 3.05) is 44.7 Å². The van der Waals surface area contributed by atoms with Crippen LogP contribution in [0.5, 0.6) is 0 Å². The Labute approximate surface area is 198 Å². The highest BCUT2D eigenvalue weighted by Gasteiger charge is 2.40. The number of fused-ring (bicyclic) bond motifs is 1. The van der Waals surface area contributed by atoms with Crippen molar-refractivity contribution in [1.82, 2.24) is 14.8 Å². The van der Waals surface area contributed by atoms with E-state index in [2.05, 4.69) is 29.0 Å². The third-order valence-electron chi connectivity index (χ3n) is 6.99. The predicted octanol–water partition coefficient (Wildman–Crippen LogP) is 3.35. The lowest BCUT2D eigenvalue weighted by molar-refractivity contribution is -0.130. The molecule has 2 aromatic rings. The molecule has 0 aliphatic carbocycles. The summed E-state index contributed by atoms with van der Waals surface area (Å²) in [7, 11) is 0. The van der Waals surface area contributed by atoms with E-state index in [4.69, 9.17) is 16.3 Å². The van der Waals surface area contributed by atoms with Crippen molar-refractivity contribution in [2.24, 2.45) is 11.8 Å². The number of hydrogen-bond acceptors (Lipinski definition) is 4. The number of halogens is 1. The van der Waals surface area contributed by atoms with E-state index in [1.54, 1.807) is 24.4 Å². The largest absolute Gasteiger partial charge is 0.379 e. The van der Waals surface area contributed by atoms with Gasteiger partial charge in [-0.1, -0.05) is 25.4 Å².